The summed E-state index contributed by atoms with van der Waals surface area (Å²) in [6.45, 7) is 0.517. The van der Waals surface area contributed by atoms with Gasteiger partial charge in [0, 0.05) is 6.20 Å². The lowest BCUT2D eigenvalue weighted by molar-refractivity contribution is 0.0945. The van der Waals surface area contributed by atoms with E-state index in [1.807, 2.05) is 10.6 Å². The van der Waals surface area contributed by atoms with Gasteiger partial charge < -0.3 is 9.88 Å². The van der Waals surface area contributed by atoms with Crippen LogP contribution >= 0.6 is 0 Å². The molecule has 140 valence electrons. The van der Waals surface area contributed by atoms with E-state index in [0.29, 0.717) is 23.5 Å². The van der Waals surface area contributed by atoms with Crippen LogP contribution in [-0.4, -0.2) is 20.4 Å². The Kier molecular flexibility index (Phi) is 4.80. The summed E-state index contributed by atoms with van der Waals surface area (Å²) in [5.41, 5.74) is 2.18. The molecule has 7 heteroatoms. The number of halogens is 2. The number of fused-ring (bicyclic) bond motifs is 1. The third-order valence-electron chi connectivity index (χ3n) is 4.36. The summed E-state index contributed by atoms with van der Waals surface area (Å²) in [7, 11) is 0. The summed E-state index contributed by atoms with van der Waals surface area (Å²) in [4.78, 5) is 21.2. The fraction of sp³-hybridized carbons (Fsp3) is 0.0952. The Hall–Kier alpha value is -3.61. The summed E-state index contributed by atoms with van der Waals surface area (Å²) < 4.78 is 28.9. The Labute approximate surface area is 159 Å². The van der Waals surface area contributed by atoms with Crippen molar-refractivity contribution in [2.24, 2.45) is 0 Å². The Bertz CT molecular complexity index is 1140. The smallest absolute Gasteiger partial charge is 0.254 e. The molecule has 2 heterocycles. The Morgan fingerprint density at radius 2 is 1.79 bits per heavy atom. The molecule has 0 atom stereocenters. The molecule has 0 unspecified atom stereocenters. The van der Waals surface area contributed by atoms with E-state index in [2.05, 4.69) is 15.3 Å². The standard InChI is InChI=1S/C21H16F2N4O/c22-15-9-7-14(8-10-15)13-27-19(26-18-6-3-11-24-20(18)27)12-25-21(28)16-4-1-2-5-17(16)23/h1-11H,12-13H2,(H,25,28). The van der Waals surface area contributed by atoms with Crippen molar-refractivity contribution >= 4 is 17.1 Å². The number of nitrogens with zero attached hydrogens (tertiary/aromatic N) is 3. The number of imidazole rings is 1. The van der Waals surface area contributed by atoms with Gasteiger partial charge >= 0.3 is 0 Å². The summed E-state index contributed by atoms with van der Waals surface area (Å²) in [6, 6.07) is 15.5. The third kappa shape index (κ3) is 3.59. The second kappa shape index (κ2) is 7.56. The second-order valence-electron chi connectivity index (χ2n) is 6.25. The van der Waals surface area contributed by atoms with Crippen LogP contribution in [0.3, 0.4) is 0 Å². The number of amides is 1. The van der Waals surface area contributed by atoms with E-state index in [1.54, 1.807) is 30.5 Å². The van der Waals surface area contributed by atoms with Crippen LogP contribution in [0.15, 0.2) is 66.9 Å². The van der Waals surface area contributed by atoms with E-state index < -0.39 is 11.7 Å². The third-order valence-corrected chi connectivity index (χ3v) is 4.36. The summed E-state index contributed by atoms with van der Waals surface area (Å²) in [5.74, 6) is -0.842. The number of carbonyl (C=O) groups excluding carboxylic acids is 1. The molecular formula is C21H16F2N4O. The minimum absolute atomic E-state index is 0.0261. The summed E-state index contributed by atoms with van der Waals surface area (Å²) in [6.07, 6.45) is 1.66. The highest BCUT2D eigenvalue weighted by Gasteiger charge is 2.15. The van der Waals surface area contributed by atoms with Gasteiger partial charge in [-0.2, -0.15) is 0 Å². The number of rotatable bonds is 5. The van der Waals surface area contributed by atoms with Gasteiger partial charge in [0.05, 0.1) is 18.7 Å². The van der Waals surface area contributed by atoms with Gasteiger partial charge in [-0.25, -0.2) is 18.7 Å². The molecule has 0 radical (unpaired) electrons. The molecule has 1 N–H and O–H groups in total. The topological polar surface area (TPSA) is 59.8 Å². The predicted octanol–water partition coefficient (Wildman–Crippen LogP) is 3.69. The molecule has 28 heavy (non-hydrogen) atoms. The molecule has 4 rings (SSSR count). The van der Waals surface area contributed by atoms with Gasteiger partial charge in [0.1, 0.15) is 23.0 Å². The number of nitrogens with one attached hydrogen (secondary N) is 1. The van der Waals surface area contributed by atoms with Crippen molar-refractivity contribution in [2.75, 3.05) is 0 Å². The Balaban J connectivity index is 1.62. The highest BCUT2D eigenvalue weighted by Crippen LogP contribution is 2.17. The maximum atomic E-state index is 13.8. The van der Waals surface area contributed by atoms with Gasteiger partial charge in [0.2, 0.25) is 0 Å². The SMILES string of the molecule is O=C(NCc1nc2cccnc2n1Cc1ccc(F)cc1)c1ccccc1F. The molecule has 2 aromatic heterocycles. The Morgan fingerprint density at radius 1 is 1.00 bits per heavy atom. The number of hydrogen-bond donors (Lipinski definition) is 1. The number of carbonyl (C=O) groups is 1. The molecule has 0 aliphatic heterocycles. The zero-order valence-corrected chi connectivity index (χ0v) is 14.8. The first-order valence-corrected chi connectivity index (χ1v) is 8.69. The zero-order chi connectivity index (χ0) is 19.5. The van der Waals surface area contributed by atoms with Gasteiger partial charge in [-0.1, -0.05) is 24.3 Å². The average Bonchev–Trinajstić information content (AvgIpc) is 3.06. The summed E-state index contributed by atoms with van der Waals surface area (Å²) >= 11 is 0. The first kappa shape index (κ1) is 17.8. The molecule has 0 bridgehead atoms. The van der Waals surface area contributed by atoms with Crippen LogP contribution in [-0.2, 0) is 13.1 Å². The van der Waals surface area contributed by atoms with E-state index in [9.17, 15) is 13.6 Å². The lowest BCUT2D eigenvalue weighted by Crippen LogP contribution is -2.25. The van der Waals surface area contributed by atoms with E-state index in [1.165, 1.54) is 30.3 Å². The van der Waals surface area contributed by atoms with E-state index in [4.69, 9.17) is 0 Å². The van der Waals surface area contributed by atoms with Crippen LogP contribution < -0.4 is 5.32 Å². The number of aromatic nitrogens is 3. The second-order valence-corrected chi connectivity index (χ2v) is 6.25. The maximum absolute atomic E-state index is 13.8. The largest absolute Gasteiger partial charge is 0.345 e. The van der Waals surface area contributed by atoms with Crippen LogP contribution in [0.25, 0.3) is 11.2 Å². The number of hydrogen-bond acceptors (Lipinski definition) is 3. The van der Waals surface area contributed by atoms with E-state index >= 15 is 0 Å². The van der Waals surface area contributed by atoms with Gasteiger partial charge in [0.15, 0.2) is 5.65 Å². The lowest BCUT2D eigenvalue weighted by atomic mass is 10.2. The van der Waals surface area contributed by atoms with Crippen LogP contribution in [0.5, 0.6) is 0 Å². The highest BCUT2D eigenvalue weighted by atomic mass is 19.1. The summed E-state index contributed by atoms with van der Waals surface area (Å²) in [5, 5.41) is 2.70. The monoisotopic (exact) mass is 378 g/mol. The van der Waals surface area contributed by atoms with E-state index in [0.717, 1.165) is 5.56 Å². The molecule has 1 amide bonds. The van der Waals surface area contributed by atoms with Crippen molar-refractivity contribution in [1.82, 2.24) is 19.9 Å². The van der Waals surface area contributed by atoms with Crippen molar-refractivity contribution in [3.63, 3.8) is 0 Å². The quantitative estimate of drug-likeness (QED) is 0.576. The van der Waals surface area contributed by atoms with Crippen molar-refractivity contribution < 1.29 is 13.6 Å². The fourth-order valence-electron chi connectivity index (χ4n) is 2.98. The van der Waals surface area contributed by atoms with Crippen molar-refractivity contribution in [1.29, 1.82) is 0 Å². The molecule has 0 saturated carbocycles. The molecule has 4 aromatic rings. The van der Waals surface area contributed by atoms with Crippen molar-refractivity contribution in [2.45, 2.75) is 13.1 Å². The van der Waals surface area contributed by atoms with Gasteiger partial charge in [0.25, 0.3) is 5.91 Å². The van der Waals surface area contributed by atoms with Crippen LogP contribution in [0, 0.1) is 11.6 Å². The minimum atomic E-state index is -0.582. The minimum Gasteiger partial charge on any atom is -0.345 e. The molecule has 2 aromatic carbocycles. The molecule has 0 fully saturated rings. The normalized spacial score (nSPS) is 10.9. The average molecular weight is 378 g/mol. The van der Waals surface area contributed by atoms with Crippen LogP contribution in [0.4, 0.5) is 8.78 Å². The lowest BCUT2D eigenvalue weighted by Gasteiger charge is -2.10. The van der Waals surface area contributed by atoms with Crippen LogP contribution in [0.2, 0.25) is 0 Å². The molecular weight excluding hydrogens is 362 g/mol. The molecule has 0 aliphatic carbocycles. The van der Waals surface area contributed by atoms with Crippen molar-refractivity contribution in [3.8, 4) is 0 Å². The Morgan fingerprint density at radius 3 is 2.57 bits per heavy atom. The highest BCUT2D eigenvalue weighted by molar-refractivity contribution is 5.94. The van der Waals surface area contributed by atoms with Gasteiger partial charge in [-0.15, -0.1) is 0 Å². The molecule has 0 spiro atoms. The van der Waals surface area contributed by atoms with Gasteiger partial charge in [-0.05, 0) is 42.0 Å². The van der Waals surface area contributed by atoms with Gasteiger partial charge in [-0.3, -0.25) is 4.79 Å². The first-order chi connectivity index (χ1) is 13.6. The zero-order valence-electron chi connectivity index (χ0n) is 14.8. The van der Waals surface area contributed by atoms with Crippen molar-refractivity contribution in [3.05, 3.63) is 95.4 Å². The van der Waals surface area contributed by atoms with Crippen LogP contribution in [0.1, 0.15) is 21.7 Å². The number of benzene rings is 2. The predicted molar refractivity (Wildman–Crippen MR) is 101 cm³/mol. The molecule has 5 nitrogen and oxygen atoms in total. The fourth-order valence-corrected chi connectivity index (χ4v) is 2.98. The van der Waals surface area contributed by atoms with E-state index in [-0.39, 0.29) is 17.9 Å². The molecule has 0 aliphatic rings. The first-order valence-electron chi connectivity index (χ1n) is 8.69. The number of pyridine rings is 1. The molecule has 0 saturated heterocycles. The maximum Gasteiger partial charge on any atom is 0.254 e.